The lowest BCUT2D eigenvalue weighted by molar-refractivity contribution is 0.0697. The molecule has 7 heteroatoms. The van der Waals surface area contributed by atoms with Crippen LogP contribution in [0.5, 0.6) is 0 Å². The van der Waals surface area contributed by atoms with Crippen molar-refractivity contribution in [3.63, 3.8) is 0 Å². The highest BCUT2D eigenvalue weighted by atomic mass is 32.2. The highest BCUT2D eigenvalue weighted by Gasteiger charge is 2.52. The molecule has 0 aromatic carbocycles. The second kappa shape index (κ2) is 4.98. The van der Waals surface area contributed by atoms with E-state index in [4.69, 9.17) is 5.11 Å². The number of aromatic carboxylic acids is 1. The topological polar surface area (TPSA) is 96.4 Å². The number of anilines is 1. The first kappa shape index (κ1) is 14.3. The van der Waals surface area contributed by atoms with E-state index in [1.165, 1.54) is 12.3 Å². The summed E-state index contributed by atoms with van der Waals surface area (Å²) in [6.45, 7) is 0. The van der Waals surface area contributed by atoms with Crippen LogP contribution >= 0.6 is 0 Å². The van der Waals surface area contributed by atoms with Gasteiger partial charge in [-0.3, -0.25) is 0 Å². The molecule has 2 heterocycles. The van der Waals surface area contributed by atoms with Crippen LogP contribution in [-0.2, 0) is 9.84 Å². The number of carbonyl (C=O) groups is 1. The second-order valence-electron chi connectivity index (χ2n) is 5.89. The maximum Gasteiger partial charge on any atom is 0.339 e. The number of nitrogens with zero attached hydrogens (tertiary/aromatic N) is 1. The van der Waals surface area contributed by atoms with Crippen LogP contribution in [0.2, 0.25) is 0 Å². The van der Waals surface area contributed by atoms with Crippen LogP contribution in [0.25, 0.3) is 0 Å². The molecule has 1 spiro atoms. The normalized spacial score (nSPS) is 26.0. The Labute approximate surface area is 123 Å². The van der Waals surface area contributed by atoms with Crippen molar-refractivity contribution in [1.82, 2.24) is 4.98 Å². The molecule has 0 bridgehead atoms. The van der Waals surface area contributed by atoms with Crippen LogP contribution in [0, 0.1) is 0 Å². The Hall–Kier alpha value is -1.63. The summed E-state index contributed by atoms with van der Waals surface area (Å²) < 4.78 is 23.9. The van der Waals surface area contributed by atoms with Gasteiger partial charge in [0.05, 0.1) is 10.5 Å². The fourth-order valence-electron chi connectivity index (χ4n) is 3.29. The maximum absolute atomic E-state index is 12.2. The molecule has 1 atom stereocenters. The van der Waals surface area contributed by atoms with Crippen molar-refractivity contribution >= 4 is 21.6 Å². The zero-order valence-electron chi connectivity index (χ0n) is 11.6. The van der Waals surface area contributed by atoms with Gasteiger partial charge in [0.2, 0.25) is 0 Å². The fraction of sp³-hybridized carbons (Fsp3) is 0.571. The van der Waals surface area contributed by atoms with E-state index >= 15 is 0 Å². The largest absolute Gasteiger partial charge is 0.478 e. The SMILES string of the molecule is O=C(O)c1cccnc1NC1CCS(=O)(=O)C2(CCC2)C1. The molecule has 1 aromatic rings. The summed E-state index contributed by atoms with van der Waals surface area (Å²) in [5, 5.41) is 12.3. The summed E-state index contributed by atoms with van der Waals surface area (Å²) in [7, 11) is -3.01. The summed E-state index contributed by atoms with van der Waals surface area (Å²) in [4.78, 5) is 15.3. The summed E-state index contributed by atoms with van der Waals surface area (Å²) in [5.74, 6) is -0.545. The lowest BCUT2D eigenvalue weighted by Crippen LogP contribution is -2.53. The predicted molar refractivity (Wildman–Crippen MR) is 78.2 cm³/mol. The molecule has 2 fully saturated rings. The molecule has 2 N–H and O–H groups in total. The Bertz CT molecular complexity index is 667. The Morgan fingerprint density at radius 2 is 2.19 bits per heavy atom. The molecule has 114 valence electrons. The number of aromatic nitrogens is 1. The molecule has 1 aromatic heterocycles. The average Bonchev–Trinajstić information content (AvgIpc) is 2.39. The van der Waals surface area contributed by atoms with Crippen molar-refractivity contribution in [1.29, 1.82) is 0 Å². The van der Waals surface area contributed by atoms with Gasteiger partial charge < -0.3 is 10.4 Å². The van der Waals surface area contributed by atoms with Gasteiger partial charge in [-0.15, -0.1) is 0 Å². The third kappa shape index (κ3) is 2.39. The van der Waals surface area contributed by atoms with E-state index in [0.717, 1.165) is 19.3 Å². The minimum Gasteiger partial charge on any atom is -0.478 e. The van der Waals surface area contributed by atoms with Gasteiger partial charge in [0, 0.05) is 12.2 Å². The van der Waals surface area contributed by atoms with Gasteiger partial charge in [-0.2, -0.15) is 0 Å². The van der Waals surface area contributed by atoms with Gasteiger partial charge >= 0.3 is 5.97 Å². The molecular formula is C14H18N2O4S. The minimum atomic E-state index is -3.01. The molecule has 1 aliphatic heterocycles. The lowest BCUT2D eigenvalue weighted by atomic mass is 9.79. The number of carboxylic acid groups (broad SMARTS) is 1. The van der Waals surface area contributed by atoms with E-state index in [1.54, 1.807) is 6.07 Å². The number of hydrogen-bond acceptors (Lipinski definition) is 5. The molecule has 21 heavy (non-hydrogen) atoms. The summed E-state index contributed by atoms with van der Waals surface area (Å²) in [6.07, 6.45) is 4.98. The zero-order chi connectivity index (χ0) is 15.1. The zero-order valence-corrected chi connectivity index (χ0v) is 12.4. The standard InChI is InChI=1S/C14H18N2O4S/c17-13(18)11-3-1-7-15-12(11)16-10-4-8-21(19,20)14(9-10)5-2-6-14/h1,3,7,10H,2,4-6,8-9H2,(H,15,16)(H,17,18). The number of carboxylic acids is 1. The Kier molecular flexibility index (Phi) is 3.39. The first-order chi connectivity index (χ1) is 9.94. The van der Waals surface area contributed by atoms with Gasteiger partial charge in [0.1, 0.15) is 11.4 Å². The number of sulfone groups is 1. The van der Waals surface area contributed by atoms with E-state index in [0.29, 0.717) is 18.7 Å². The van der Waals surface area contributed by atoms with E-state index in [1.807, 2.05) is 0 Å². The minimum absolute atomic E-state index is 0.0400. The highest BCUT2D eigenvalue weighted by Crippen LogP contribution is 2.47. The fourth-order valence-corrected chi connectivity index (χ4v) is 5.68. The van der Waals surface area contributed by atoms with Crippen LogP contribution in [0.4, 0.5) is 5.82 Å². The Morgan fingerprint density at radius 3 is 2.81 bits per heavy atom. The summed E-state index contributed by atoms with van der Waals surface area (Å²) in [5.41, 5.74) is 0.119. The van der Waals surface area contributed by atoms with Gasteiger partial charge in [-0.05, 0) is 37.8 Å². The van der Waals surface area contributed by atoms with Crippen LogP contribution in [0.1, 0.15) is 42.5 Å². The predicted octanol–water partition coefficient (Wildman–Crippen LogP) is 1.69. The van der Waals surface area contributed by atoms with E-state index in [-0.39, 0.29) is 17.4 Å². The molecule has 0 amide bonds. The number of nitrogens with one attached hydrogen (secondary N) is 1. The third-order valence-corrected chi connectivity index (χ3v) is 7.32. The van der Waals surface area contributed by atoms with Crippen molar-refractivity contribution in [3.8, 4) is 0 Å². The molecule has 1 aliphatic carbocycles. The molecule has 2 aliphatic rings. The second-order valence-corrected chi connectivity index (χ2v) is 8.40. The number of rotatable bonds is 3. The van der Waals surface area contributed by atoms with Crippen molar-refractivity contribution in [2.45, 2.75) is 42.9 Å². The smallest absolute Gasteiger partial charge is 0.339 e. The van der Waals surface area contributed by atoms with Gasteiger partial charge in [-0.1, -0.05) is 6.42 Å². The van der Waals surface area contributed by atoms with Crippen LogP contribution in [0.3, 0.4) is 0 Å². The van der Waals surface area contributed by atoms with Crippen LogP contribution in [-0.4, -0.2) is 41.0 Å². The maximum atomic E-state index is 12.2. The van der Waals surface area contributed by atoms with Crippen LogP contribution in [0.15, 0.2) is 18.3 Å². The number of hydrogen-bond donors (Lipinski definition) is 2. The molecule has 0 radical (unpaired) electrons. The summed E-state index contributed by atoms with van der Waals surface area (Å²) in [6, 6.07) is 3.03. The van der Waals surface area contributed by atoms with Crippen LogP contribution < -0.4 is 5.32 Å². The van der Waals surface area contributed by atoms with E-state index in [9.17, 15) is 13.2 Å². The first-order valence-electron chi connectivity index (χ1n) is 7.11. The van der Waals surface area contributed by atoms with Crippen molar-refractivity contribution < 1.29 is 18.3 Å². The Morgan fingerprint density at radius 1 is 1.43 bits per heavy atom. The van der Waals surface area contributed by atoms with Gasteiger partial charge in [0.15, 0.2) is 9.84 Å². The molecular weight excluding hydrogens is 292 g/mol. The van der Waals surface area contributed by atoms with Crippen molar-refractivity contribution in [2.75, 3.05) is 11.1 Å². The third-order valence-electron chi connectivity index (χ3n) is 4.66. The number of pyridine rings is 1. The molecule has 6 nitrogen and oxygen atoms in total. The monoisotopic (exact) mass is 310 g/mol. The Balaban J connectivity index is 1.80. The average molecular weight is 310 g/mol. The van der Waals surface area contributed by atoms with Gasteiger partial charge in [-0.25, -0.2) is 18.2 Å². The van der Waals surface area contributed by atoms with Crippen molar-refractivity contribution in [2.24, 2.45) is 0 Å². The first-order valence-corrected chi connectivity index (χ1v) is 8.76. The van der Waals surface area contributed by atoms with Crippen molar-refractivity contribution in [3.05, 3.63) is 23.9 Å². The molecule has 1 unspecified atom stereocenters. The molecule has 1 saturated heterocycles. The lowest BCUT2D eigenvalue weighted by Gasteiger charge is -2.46. The van der Waals surface area contributed by atoms with E-state index < -0.39 is 20.6 Å². The quantitative estimate of drug-likeness (QED) is 0.882. The molecule has 3 rings (SSSR count). The van der Waals surface area contributed by atoms with Gasteiger partial charge in [0.25, 0.3) is 0 Å². The van der Waals surface area contributed by atoms with E-state index in [2.05, 4.69) is 10.3 Å². The summed E-state index contributed by atoms with van der Waals surface area (Å²) >= 11 is 0. The molecule has 1 saturated carbocycles. The highest BCUT2D eigenvalue weighted by molar-refractivity contribution is 7.92.